The Balaban J connectivity index is 3.32. The lowest BCUT2D eigenvalue weighted by atomic mass is 9.67. The van der Waals surface area contributed by atoms with E-state index in [9.17, 15) is 14.7 Å². The molecule has 0 aromatic carbocycles. The van der Waals surface area contributed by atoms with Crippen LogP contribution in [0.25, 0.3) is 0 Å². The zero-order chi connectivity index (χ0) is 11.9. The maximum Gasteiger partial charge on any atom is 0.334 e. The van der Waals surface area contributed by atoms with E-state index in [-0.39, 0.29) is 5.57 Å². The molecule has 1 rings (SSSR count). The van der Waals surface area contributed by atoms with E-state index in [1.165, 1.54) is 32.1 Å². The predicted molar refractivity (Wildman–Crippen MR) is 51.2 cm³/mol. The van der Waals surface area contributed by atoms with Crippen molar-refractivity contribution in [1.29, 1.82) is 0 Å². The van der Waals surface area contributed by atoms with Crippen LogP contribution in [0.4, 0.5) is 0 Å². The summed E-state index contributed by atoms with van der Waals surface area (Å²) in [5.41, 5.74) is -3.88. The molecule has 2 unspecified atom stereocenters. The molecule has 5 nitrogen and oxygen atoms in total. The molecule has 2 atom stereocenters. The van der Waals surface area contributed by atoms with Crippen LogP contribution in [-0.2, 0) is 9.59 Å². The van der Waals surface area contributed by atoms with Gasteiger partial charge in [-0.1, -0.05) is 12.2 Å². The summed E-state index contributed by atoms with van der Waals surface area (Å²) in [6.07, 6.45) is 3.81. The number of hydrogen-bond donors (Lipinski definition) is 3. The first-order valence-corrected chi connectivity index (χ1v) is 4.32. The fraction of sp³-hybridized carbons (Fsp3) is 0.400. The van der Waals surface area contributed by atoms with E-state index in [0.717, 1.165) is 0 Å². The number of carboxylic acids is 2. The highest BCUT2D eigenvalue weighted by molar-refractivity contribution is 5.93. The molecule has 0 heterocycles. The van der Waals surface area contributed by atoms with Gasteiger partial charge in [0.05, 0.1) is 5.57 Å². The van der Waals surface area contributed by atoms with Gasteiger partial charge < -0.3 is 15.3 Å². The van der Waals surface area contributed by atoms with E-state index in [1.54, 1.807) is 0 Å². The minimum atomic E-state index is -1.93. The van der Waals surface area contributed by atoms with Crippen LogP contribution in [0.2, 0.25) is 0 Å². The van der Waals surface area contributed by atoms with Gasteiger partial charge in [0.15, 0.2) is 0 Å². The van der Waals surface area contributed by atoms with Crippen molar-refractivity contribution in [1.82, 2.24) is 0 Å². The maximum atomic E-state index is 11.0. The third kappa shape index (κ3) is 1.45. The van der Waals surface area contributed by atoms with Crippen LogP contribution >= 0.6 is 0 Å². The monoisotopic (exact) mass is 212 g/mol. The molecule has 0 fully saturated rings. The molecule has 0 radical (unpaired) electrons. The van der Waals surface area contributed by atoms with Crippen LogP contribution < -0.4 is 0 Å². The van der Waals surface area contributed by atoms with Crippen LogP contribution in [0.3, 0.4) is 0 Å². The largest absolute Gasteiger partial charge is 0.481 e. The van der Waals surface area contributed by atoms with Crippen LogP contribution in [0, 0.1) is 5.41 Å². The van der Waals surface area contributed by atoms with Crippen molar-refractivity contribution in [3.63, 3.8) is 0 Å². The lowest BCUT2D eigenvalue weighted by Gasteiger charge is -2.39. The number of aliphatic hydroxyl groups is 1. The third-order valence-corrected chi connectivity index (χ3v) is 2.90. The van der Waals surface area contributed by atoms with Gasteiger partial charge in [-0.2, -0.15) is 0 Å². The Kier molecular flexibility index (Phi) is 2.44. The Morgan fingerprint density at radius 1 is 1.27 bits per heavy atom. The van der Waals surface area contributed by atoms with Crippen LogP contribution in [-0.4, -0.2) is 32.9 Å². The van der Waals surface area contributed by atoms with Crippen molar-refractivity contribution in [2.24, 2.45) is 5.41 Å². The molecule has 0 bridgehead atoms. The summed E-state index contributed by atoms with van der Waals surface area (Å²) < 4.78 is 0. The number of rotatable bonds is 2. The average Bonchev–Trinajstić information content (AvgIpc) is 2.08. The van der Waals surface area contributed by atoms with Gasteiger partial charge in [-0.05, 0) is 19.9 Å². The quantitative estimate of drug-likeness (QED) is 0.616. The molecule has 0 spiro atoms. The molecule has 0 aromatic heterocycles. The topological polar surface area (TPSA) is 94.8 Å². The molecule has 5 heteroatoms. The van der Waals surface area contributed by atoms with E-state index < -0.39 is 23.0 Å². The lowest BCUT2D eigenvalue weighted by Crippen LogP contribution is -2.52. The van der Waals surface area contributed by atoms with Crippen molar-refractivity contribution < 1.29 is 24.9 Å². The van der Waals surface area contributed by atoms with Crippen molar-refractivity contribution in [2.45, 2.75) is 19.4 Å². The van der Waals surface area contributed by atoms with E-state index in [2.05, 4.69) is 0 Å². The summed E-state index contributed by atoms with van der Waals surface area (Å²) in [7, 11) is 0. The molecule has 1 aliphatic rings. The third-order valence-electron chi connectivity index (χ3n) is 2.90. The predicted octanol–water partition coefficient (Wildman–Crippen LogP) is 0.409. The number of carbonyl (C=O) groups is 2. The van der Waals surface area contributed by atoms with Crippen molar-refractivity contribution in [3.05, 3.63) is 23.8 Å². The van der Waals surface area contributed by atoms with Gasteiger partial charge in [0.25, 0.3) is 0 Å². The number of aliphatic carboxylic acids is 2. The van der Waals surface area contributed by atoms with Gasteiger partial charge >= 0.3 is 11.9 Å². The van der Waals surface area contributed by atoms with E-state index in [1.807, 2.05) is 0 Å². The minimum Gasteiger partial charge on any atom is -0.481 e. The second-order valence-electron chi connectivity index (χ2n) is 3.82. The summed E-state index contributed by atoms with van der Waals surface area (Å²) in [5, 5.41) is 27.8. The molecule has 0 aliphatic heterocycles. The van der Waals surface area contributed by atoms with Gasteiger partial charge in [0.2, 0.25) is 0 Å². The first-order valence-electron chi connectivity index (χ1n) is 4.32. The van der Waals surface area contributed by atoms with E-state index >= 15 is 0 Å². The summed E-state index contributed by atoms with van der Waals surface area (Å²) in [6, 6.07) is 0. The molecule has 82 valence electrons. The minimum absolute atomic E-state index is 0.324. The molecule has 1 aliphatic carbocycles. The summed E-state index contributed by atoms with van der Waals surface area (Å²) in [4.78, 5) is 21.9. The van der Waals surface area contributed by atoms with Crippen molar-refractivity contribution >= 4 is 11.9 Å². The summed E-state index contributed by atoms with van der Waals surface area (Å²) >= 11 is 0. The smallest absolute Gasteiger partial charge is 0.334 e. The van der Waals surface area contributed by atoms with Gasteiger partial charge in [-0.15, -0.1) is 0 Å². The Morgan fingerprint density at radius 3 is 2.20 bits per heavy atom. The Morgan fingerprint density at radius 2 is 1.80 bits per heavy atom. The summed E-state index contributed by atoms with van der Waals surface area (Å²) in [6.45, 7) is 2.46. The molecular weight excluding hydrogens is 200 g/mol. The van der Waals surface area contributed by atoms with Crippen molar-refractivity contribution in [2.75, 3.05) is 0 Å². The fourth-order valence-electron chi connectivity index (χ4n) is 1.50. The molecule has 0 aromatic rings. The molecule has 3 N–H and O–H groups in total. The molecule has 0 saturated carbocycles. The fourth-order valence-corrected chi connectivity index (χ4v) is 1.50. The second kappa shape index (κ2) is 3.20. The molecular formula is C10H12O5. The van der Waals surface area contributed by atoms with Gasteiger partial charge in [-0.3, -0.25) is 4.79 Å². The van der Waals surface area contributed by atoms with E-state index in [4.69, 9.17) is 10.2 Å². The van der Waals surface area contributed by atoms with Gasteiger partial charge in [0.1, 0.15) is 11.0 Å². The highest BCUT2D eigenvalue weighted by atomic mass is 16.4. The van der Waals surface area contributed by atoms with Crippen LogP contribution in [0.1, 0.15) is 13.8 Å². The number of allylic oxidation sites excluding steroid dienone is 2. The molecule has 0 amide bonds. The number of carboxylic acid groups (broad SMARTS) is 2. The number of hydrogen-bond acceptors (Lipinski definition) is 3. The highest BCUT2D eigenvalue weighted by Gasteiger charge is 2.53. The average molecular weight is 212 g/mol. The van der Waals surface area contributed by atoms with Crippen LogP contribution in [0.15, 0.2) is 23.8 Å². The first kappa shape index (κ1) is 11.5. The second-order valence-corrected chi connectivity index (χ2v) is 3.82. The Hall–Kier alpha value is -1.62. The zero-order valence-electron chi connectivity index (χ0n) is 8.39. The molecule has 15 heavy (non-hydrogen) atoms. The first-order chi connectivity index (χ1) is 6.73. The Bertz CT molecular complexity index is 377. The highest BCUT2D eigenvalue weighted by Crippen LogP contribution is 2.41. The summed E-state index contributed by atoms with van der Waals surface area (Å²) in [5.74, 6) is -2.59. The molecule has 0 saturated heterocycles. The Labute approximate surface area is 86.3 Å². The standard InChI is InChI=1S/C10H12O5/c1-9(8(13)14)5-3-4-6(7(11)12)10(9,2)15/h3-5,15H,1-2H3,(H,11,12)(H,13,14). The zero-order valence-corrected chi connectivity index (χ0v) is 8.39. The van der Waals surface area contributed by atoms with Crippen molar-refractivity contribution in [3.8, 4) is 0 Å². The van der Waals surface area contributed by atoms with Gasteiger partial charge in [0, 0.05) is 0 Å². The van der Waals surface area contributed by atoms with E-state index in [0.29, 0.717) is 0 Å². The maximum absolute atomic E-state index is 11.0. The normalized spacial score (nSPS) is 34.7. The SMILES string of the molecule is CC1(O)C(C(=O)O)=CC=CC1(C)C(=O)O. The van der Waals surface area contributed by atoms with Crippen LogP contribution in [0.5, 0.6) is 0 Å². The lowest BCUT2D eigenvalue weighted by molar-refractivity contribution is -0.157. The van der Waals surface area contributed by atoms with Gasteiger partial charge in [-0.25, -0.2) is 4.79 Å².